The molecule has 0 aliphatic carbocycles. The lowest BCUT2D eigenvalue weighted by atomic mass is 10.2. The van der Waals surface area contributed by atoms with E-state index in [4.69, 9.17) is 25.1 Å². The summed E-state index contributed by atoms with van der Waals surface area (Å²) in [6.07, 6.45) is 1.00. The molecule has 1 rings (SSSR count). The van der Waals surface area contributed by atoms with Gasteiger partial charge in [-0.15, -0.1) is 0 Å². The first-order chi connectivity index (χ1) is 8.12. The van der Waals surface area contributed by atoms with Gasteiger partial charge in [-0.1, -0.05) is 30.3 Å². The summed E-state index contributed by atoms with van der Waals surface area (Å²) in [7, 11) is 0. The summed E-state index contributed by atoms with van der Waals surface area (Å²) in [5, 5.41) is 13.5. The van der Waals surface area contributed by atoms with Crippen molar-refractivity contribution in [3.63, 3.8) is 0 Å². The molecule has 0 atom stereocenters. The van der Waals surface area contributed by atoms with Crippen LogP contribution in [0.25, 0.3) is 10.8 Å². The van der Waals surface area contributed by atoms with E-state index < -0.39 is 0 Å². The number of isocyanates is 2. The van der Waals surface area contributed by atoms with Crippen molar-refractivity contribution in [2.24, 2.45) is 0 Å². The predicted molar refractivity (Wildman–Crippen MR) is 60.0 cm³/mol. The fraction of sp³-hybridized carbons (Fsp3) is 0.182. The van der Waals surface area contributed by atoms with Gasteiger partial charge >= 0.3 is 5.97 Å². The Morgan fingerprint density at radius 1 is 1.18 bits per heavy atom. The molecule has 0 bridgehead atoms. The molecule has 0 amide bonds. The largest absolute Gasteiger partial charge is 0.724 e. The molecular formula is C11H10N2O4-2. The van der Waals surface area contributed by atoms with Gasteiger partial charge < -0.3 is 15.6 Å². The van der Waals surface area contributed by atoms with Gasteiger partial charge in [0.25, 0.3) is 0 Å². The third-order valence-corrected chi connectivity index (χ3v) is 1.28. The molecule has 17 heavy (non-hydrogen) atoms. The average molecular weight is 234 g/mol. The van der Waals surface area contributed by atoms with E-state index in [0.717, 1.165) is 5.56 Å². The summed E-state index contributed by atoms with van der Waals surface area (Å²) in [5.41, 5.74) is 1.02. The van der Waals surface area contributed by atoms with Crippen LogP contribution in [0, 0.1) is 0 Å². The molecule has 0 fully saturated rings. The second-order valence-electron chi connectivity index (χ2n) is 2.45. The van der Waals surface area contributed by atoms with E-state index >= 15 is 0 Å². The molecule has 0 heterocycles. The lowest BCUT2D eigenvalue weighted by molar-refractivity contribution is -0.142. The Hall–Kier alpha value is -2.55. The Morgan fingerprint density at radius 3 is 1.94 bits per heavy atom. The fourth-order valence-corrected chi connectivity index (χ4v) is 0.759. The van der Waals surface area contributed by atoms with Gasteiger partial charge in [-0.05, 0) is 17.7 Å². The Bertz CT molecular complexity index is 366. The van der Waals surface area contributed by atoms with E-state index in [9.17, 15) is 4.79 Å². The number of nitrogens with zero attached hydrogens (tertiary/aromatic N) is 2. The van der Waals surface area contributed by atoms with Crippen molar-refractivity contribution in [3.05, 3.63) is 46.7 Å². The maximum absolute atomic E-state index is 10.4. The number of carbonyl (C=O) groups is 1. The van der Waals surface area contributed by atoms with Crippen LogP contribution in [0.15, 0.2) is 30.3 Å². The zero-order valence-corrected chi connectivity index (χ0v) is 9.12. The zero-order valence-electron chi connectivity index (χ0n) is 9.12. The molecule has 0 aliphatic rings. The van der Waals surface area contributed by atoms with Crippen LogP contribution in [-0.4, -0.2) is 18.1 Å². The molecule has 90 valence electrons. The highest BCUT2D eigenvalue weighted by Crippen LogP contribution is 1.99. The standard InChI is InChI=1S/C9H10O2.2CNO/c1-8(10)11-7-9-5-3-2-4-6-9;2*2-1-3/h2-6H,7H2,1H3;;/q;2*-1. The van der Waals surface area contributed by atoms with E-state index in [1.807, 2.05) is 30.3 Å². The van der Waals surface area contributed by atoms with Crippen molar-refractivity contribution >= 4 is 18.1 Å². The molecule has 6 heteroatoms. The van der Waals surface area contributed by atoms with Crippen molar-refractivity contribution in [1.82, 2.24) is 0 Å². The lowest BCUT2D eigenvalue weighted by Gasteiger charge is -1.99. The Labute approximate surface area is 98.2 Å². The first kappa shape index (κ1) is 16.9. The zero-order chi connectivity index (χ0) is 13.5. The van der Waals surface area contributed by atoms with E-state index in [2.05, 4.69) is 0 Å². The molecule has 0 aromatic heterocycles. The molecule has 0 N–H and O–H groups in total. The molecule has 1 aromatic carbocycles. The third-order valence-electron chi connectivity index (χ3n) is 1.28. The monoisotopic (exact) mass is 234 g/mol. The Kier molecular flexibility index (Phi) is 13.3. The van der Waals surface area contributed by atoms with Gasteiger partial charge in [-0.3, -0.25) is 14.4 Å². The van der Waals surface area contributed by atoms with Gasteiger partial charge in [0.15, 0.2) is 0 Å². The van der Waals surface area contributed by atoms with E-state index in [1.165, 1.54) is 6.92 Å². The molecule has 0 saturated heterocycles. The smallest absolute Gasteiger partial charge is 0.302 e. The number of esters is 1. The first-order valence-corrected chi connectivity index (χ1v) is 4.32. The summed E-state index contributed by atoms with van der Waals surface area (Å²) in [6.45, 7) is 1.78. The molecule has 0 radical (unpaired) electrons. The topological polar surface area (TPSA) is 105 Å². The summed E-state index contributed by atoms with van der Waals surface area (Å²) in [5.74, 6) is -0.242. The van der Waals surface area contributed by atoms with E-state index in [1.54, 1.807) is 0 Å². The molecule has 0 aliphatic heterocycles. The van der Waals surface area contributed by atoms with E-state index in [0.29, 0.717) is 18.8 Å². The lowest BCUT2D eigenvalue weighted by Crippen LogP contribution is -1.97. The van der Waals surface area contributed by atoms with Gasteiger partial charge in [0.05, 0.1) is 0 Å². The minimum Gasteiger partial charge on any atom is -0.724 e. The van der Waals surface area contributed by atoms with Gasteiger partial charge in [-0.2, -0.15) is 0 Å². The highest BCUT2D eigenvalue weighted by atomic mass is 16.5. The summed E-state index contributed by atoms with van der Waals surface area (Å²) in [4.78, 5) is 26.9. The van der Waals surface area contributed by atoms with Gasteiger partial charge in [-0.25, -0.2) is 0 Å². The number of rotatable bonds is 2. The SMILES string of the molecule is CC(=O)OCc1ccccc1.[N-]=C=O.[N-]=C=O. The summed E-state index contributed by atoms with van der Waals surface area (Å²) < 4.78 is 4.79. The van der Waals surface area contributed by atoms with Crippen LogP contribution in [-0.2, 0) is 25.7 Å². The van der Waals surface area contributed by atoms with Crippen LogP contribution in [0.5, 0.6) is 0 Å². The number of hydrogen-bond donors (Lipinski definition) is 0. The molecule has 0 unspecified atom stereocenters. The van der Waals surface area contributed by atoms with Crippen LogP contribution in [0.3, 0.4) is 0 Å². The third kappa shape index (κ3) is 16.1. The quantitative estimate of drug-likeness (QED) is 0.439. The van der Waals surface area contributed by atoms with Crippen molar-refractivity contribution in [2.75, 3.05) is 0 Å². The summed E-state index contributed by atoms with van der Waals surface area (Å²) in [6, 6.07) is 9.60. The van der Waals surface area contributed by atoms with Gasteiger partial charge in [0, 0.05) is 6.92 Å². The minimum atomic E-state index is -0.242. The molecule has 1 aromatic rings. The number of hydrogen-bond acceptors (Lipinski definition) is 4. The maximum Gasteiger partial charge on any atom is 0.302 e. The molecular weight excluding hydrogens is 224 g/mol. The second kappa shape index (κ2) is 13.4. The minimum absolute atomic E-state index is 0.242. The van der Waals surface area contributed by atoms with E-state index in [-0.39, 0.29) is 5.97 Å². The number of carbonyl (C=O) groups excluding carboxylic acids is 3. The fourth-order valence-electron chi connectivity index (χ4n) is 0.759. The van der Waals surface area contributed by atoms with Gasteiger partial charge in [0.2, 0.25) is 0 Å². The van der Waals surface area contributed by atoms with Crippen LogP contribution in [0.1, 0.15) is 12.5 Å². The Balaban J connectivity index is 0. The van der Waals surface area contributed by atoms with Crippen molar-refractivity contribution in [1.29, 1.82) is 0 Å². The predicted octanol–water partition coefficient (Wildman–Crippen LogP) is 1.53. The molecule has 0 saturated carbocycles. The summed E-state index contributed by atoms with van der Waals surface area (Å²) >= 11 is 0. The van der Waals surface area contributed by atoms with Crippen LogP contribution >= 0.6 is 0 Å². The van der Waals surface area contributed by atoms with Crippen LogP contribution < -0.4 is 0 Å². The highest BCUT2D eigenvalue weighted by Gasteiger charge is 1.93. The molecule has 6 nitrogen and oxygen atoms in total. The van der Waals surface area contributed by atoms with Crippen molar-refractivity contribution < 1.29 is 19.1 Å². The van der Waals surface area contributed by atoms with Crippen LogP contribution in [0.2, 0.25) is 0 Å². The maximum atomic E-state index is 10.4. The molecule has 0 spiro atoms. The number of benzene rings is 1. The van der Waals surface area contributed by atoms with Crippen LogP contribution in [0.4, 0.5) is 0 Å². The number of ether oxygens (including phenoxy) is 1. The van der Waals surface area contributed by atoms with Gasteiger partial charge in [0.1, 0.15) is 6.61 Å². The van der Waals surface area contributed by atoms with Crippen molar-refractivity contribution in [3.8, 4) is 0 Å². The average Bonchev–Trinajstić information content (AvgIpc) is 2.30. The second-order valence-corrected chi connectivity index (χ2v) is 2.45. The normalized spacial score (nSPS) is 6.88. The highest BCUT2D eigenvalue weighted by molar-refractivity contribution is 5.65. The Morgan fingerprint density at radius 2 is 1.59 bits per heavy atom. The van der Waals surface area contributed by atoms with Crippen molar-refractivity contribution in [2.45, 2.75) is 13.5 Å². The first-order valence-electron chi connectivity index (χ1n) is 4.32.